The standard InChI is InChI=1S/C21H22F2N2/c22-17-8-6-9-18(23)16(17)14-24-20-21(11-4-1-5-12-21)13-15-7-2-3-10-19(15)25-20/h2-3,6-10H,1,4-5,11-14H2,(H,24,25). The van der Waals surface area contributed by atoms with Gasteiger partial charge in [0.15, 0.2) is 0 Å². The van der Waals surface area contributed by atoms with Crippen LogP contribution in [-0.4, -0.2) is 5.84 Å². The Kier molecular flexibility index (Phi) is 4.28. The molecule has 0 amide bonds. The first-order chi connectivity index (χ1) is 12.2. The van der Waals surface area contributed by atoms with Gasteiger partial charge in [0.25, 0.3) is 0 Å². The quantitative estimate of drug-likeness (QED) is 0.769. The van der Waals surface area contributed by atoms with Crippen LogP contribution in [0.1, 0.15) is 43.2 Å². The first-order valence-electron chi connectivity index (χ1n) is 9.01. The van der Waals surface area contributed by atoms with Gasteiger partial charge in [0.1, 0.15) is 17.5 Å². The predicted molar refractivity (Wildman–Crippen MR) is 96.8 cm³/mol. The number of nitrogens with one attached hydrogen (secondary N) is 1. The van der Waals surface area contributed by atoms with Gasteiger partial charge >= 0.3 is 0 Å². The number of amidine groups is 1. The third kappa shape index (κ3) is 3.06. The van der Waals surface area contributed by atoms with Crippen molar-refractivity contribution in [2.45, 2.75) is 45.1 Å². The highest BCUT2D eigenvalue weighted by molar-refractivity contribution is 6.02. The van der Waals surface area contributed by atoms with E-state index in [4.69, 9.17) is 0 Å². The molecule has 0 unspecified atom stereocenters. The average molecular weight is 340 g/mol. The SMILES string of the molecule is Fc1cccc(F)c1CN=C1Nc2ccccc2CC12CCCCC2. The first-order valence-corrected chi connectivity index (χ1v) is 9.01. The molecule has 4 heteroatoms. The molecule has 0 bridgehead atoms. The summed E-state index contributed by atoms with van der Waals surface area (Å²) in [4.78, 5) is 4.68. The van der Waals surface area contributed by atoms with Crippen molar-refractivity contribution >= 4 is 11.5 Å². The van der Waals surface area contributed by atoms with Crippen LogP contribution in [0.2, 0.25) is 0 Å². The molecule has 1 fully saturated rings. The Hall–Kier alpha value is -2.23. The molecule has 1 heterocycles. The van der Waals surface area contributed by atoms with Crippen molar-refractivity contribution in [1.82, 2.24) is 0 Å². The van der Waals surface area contributed by atoms with E-state index in [-0.39, 0.29) is 17.5 Å². The summed E-state index contributed by atoms with van der Waals surface area (Å²) in [5, 5.41) is 3.47. The highest BCUT2D eigenvalue weighted by Crippen LogP contribution is 2.45. The van der Waals surface area contributed by atoms with Crippen LogP contribution in [0.25, 0.3) is 0 Å². The van der Waals surface area contributed by atoms with E-state index in [9.17, 15) is 8.78 Å². The fourth-order valence-electron chi connectivity index (χ4n) is 4.20. The van der Waals surface area contributed by atoms with E-state index in [2.05, 4.69) is 22.4 Å². The van der Waals surface area contributed by atoms with Crippen molar-refractivity contribution in [1.29, 1.82) is 0 Å². The monoisotopic (exact) mass is 340 g/mol. The maximum absolute atomic E-state index is 13.9. The average Bonchev–Trinajstić information content (AvgIpc) is 2.62. The van der Waals surface area contributed by atoms with Crippen molar-refractivity contribution in [2.75, 3.05) is 5.32 Å². The molecule has 2 aromatic carbocycles. The lowest BCUT2D eigenvalue weighted by Crippen LogP contribution is -2.43. The lowest BCUT2D eigenvalue weighted by molar-refractivity contribution is 0.278. The topological polar surface area (TPSA) is 24.4 Å². The van der Waals surface area contributed by atoms with Gasteiger partial charge in [0.2, 0.25) is 0 Å². The molecule has 130 valence electrons. The minimum absolute atomic E-state index is 0.0195. The number of nitrogens with zero attached hydrogens (tertiary/aromatic N) is 1. The Bertz CT molecular complexity index is 787. The van der Waals surface area contributed by atoms with Gasteiger partial charge in [0.05, 0.1) is 6.54 Å². The van der Waals surface area contributed by atoms with E-state index in [1.807, 2.05) is 12.1 Å². The van der Waals surface area contributed by atoms with Gasteiger partial charge in [-0.1, -0.05) is 43.5 Å². The summed E-state index contributed by atoms with van der Waals surface area (Å²) in [6.07, 6.45) is 6.71. The van der Waals surface area contributed by atoms with Crippen molar-refractivity contribution in [2.24, 2.45) is 10.4 Å². The highest BCUT2D eigenvalue weighted by atomic mass is 19.1. The molecular formula is C21H22F2N2. The van der Waals surface area contributed by atoms with Gasteiger partial charge in [-0.25, -0.2) is 8.78 Å². The van der Waals surface area contributed by atoms with Crippen LogP contribution in [-0.2, 0) is 13.0 Å². The maximum Gasteiger partial charge on any atom is 0.131 e. The molecule has 1 N–H and O–H groups in total. The van der Waals surface area contributed by atoms with Crippen LogP contribution < -0.4 is 5.32 Å². The molecule has 0 radical (unpaired) electrons. The molecule has 2 aliphatic rings. The van der Waals surface area contributed by atoms with Crippen LogP contribution in [0.15, 0.2) is 47.5 Å². The normalized spacial score (nSPS) is 20.3. The zero-order valence-corrected chi connectivity index (χ0v) is 14.2. The van der Waals surface area contributed by atoms with Gasteiger partial charge in [0, 0.05) is 16.7 Å². The number of para-hydroxylation sites is 1. The summed E-state index contributed by atoms with van der Waals surface area (Å²) in [6, 6.07) is 12.2. The Balaban J connectivity index is 1.70. The van der Waals surface area contributed by atoms with Crippen LogP contribution in [0.5, 0.6) is 0 Å². The van der Waals surface area contributed by atoms with Crippen molar-refractivity contribution in [3.8, 4) is 0 Å². The Morgan fingerprint density at radius 1 is 0.920 bits per heavy atom. The second kappa shape index (κ2) is 6.58. The molecule has 0 saturated heterocycles. The number of anilines is 1. The number of hydrogen-bond acceptors (Lipinski definition) is 1. The summed E-state index contributed by atoms with van der Waals surface area (Å²) < 4.78 is 27.9. The van der Waals surface area contributed by atoms with Crippen LogP contribution in [0.4, 0.5) is 14.5 Å². The molecular weight excluding hydrogens is 318 g/mol. The van der Waals surface area contributed by atoms with Crippen molar-refractivity contribution in [3.05, 3.63) is 65.2 Å². The lowest BCUT2D eigenvalue weighted by atomic mass is 9.67. The molecule has 4 rings (SSSR count). The van der Waals surface area contributed by atoms with Crippen LogP contribution in [0, 0.1) is 17.0 Å². The third-order valence-corrected chi connectivity index (χ3v) is 5.57. The summed E-state index contributed by atoms with van der Waals surface area (Å²) in [5.41, 5.74) is 2.39. The largest absolute Gasteiger partial charge is 0.343 e. The fraction of sp³-hybridized carbons (Fsp3) is 0.381. The Morgan fingerprint density at radius 2 is 1.64 bits per heavy atom. The minimum Gasteiger partial charge on any atom is -0.343 e. The molecule has 2 nitrogen and oxygen atoms in total. The second-order valence-corrected chi connectivity index (χ2v) is 7.16. The van der Waals surface area contributed by atoms with Crippen molar-refractivity contribution < 1.29 is 8.78 Å². The number of rotatable bonds is 2. The van der Waals surface area contributed by atoms with Gasteiger partial charge < -0.3 is 5.32 Å². The molecule has 2 aromatic rings. The second-order valence-electron chi connectivity index (χ2n) is 7.16. The maximum atomic E-state index is 13.9. The third-order valence-electron chi connectivity index (χ3n) is 5.57. The molecule has 0 aromatic heterocycles. The van der Waals surface area contributed by atoms with Crippen molar-refractivity contribution in [3.63, 3.8) is 0 Å². The van der Waals surface area contributed by atoms with Gasteiger partial charge in [-0.2, -0.15) is 0 Å². The summed E-state index contributed by atoms with van der Waals surface area (Å²) in [5.74, 6) is -0.162. The number of benzene rings is 2. The lowest BCUT2D eigenvalue weighted by Gasteiger charge is -2.42. The van der Waals surface area contributed by atoms with E-state index < -0.39 is 11.6 Å². The molecule has 25 heavy (non-hydrogen) atoms. The summed E-state index contributed by atoms with van der Waals surface area (Å²) in [7, 11) is 0. The van der Waals surface area contributed by atoms with Crippen LogP contribution >= 0.6 is 0 Å². The van der Waals surface area contributed by atoms with Gasteiger partial charge in [-0.05, 0) is 43.0 Å². The smallest absolute Gasteiger partial charge is 0.131 e. The Labute approximate surface area is 147 Å². The summed E-state index contributed by atoms with van der Waals surface area (Å²) >= 11 is 0. The van der Waals surface area contributed by atoms with Crippen LogP contribution in [0.3, 0.4) is 0 Å². The molecule has 1 spiro atoms. The van der Waals surface area contributed by atoms with Gasteiger partial charge in [-0.3, -0.25) is 4.99 Å². The number of halogens is 2. The molecule has 0 atom stereocenters. The van der Waals surface area contributed by atoms with Gasteiger partial charge in [-0.15, -0.1) is 0 Å². The van der Waals surface area contributed by atoms with E-state index in [0.717, 1.165) is 30.8 Å². The fourth-order valence-corrected chi connectivity index (χ4v) is 4.20. The number of aliphatic imine (C=N–C) groups is 1. The Morgan fingerprint density at radius 3 is 2.40 bits per heavy atom. The number of fused-ring (bicyclic) bond motifs is 1. The zero-order valence-electron chi connectivity index (χ0n) is 14.2. The zero-order chi connectivity index (χ0) is 17.3. The predicted octanol–water partition coefficient (Wildman–Crippen LogP) is 5.48. The molecule has 1 saturated carbocycles. The highest BCUT2D eigenvalue weighted by Gasteiger charge is 2.40. The van der Waals surface area contributed by atoms with E-state index in [1.165, 1.54) is 43.0 Å². The van der Waals surface area contributed by atoms with E-state index in [0.29, 0.717) is 0 Å². The molecule has 1 aliphatic heterocycles. The molecule has 1 aliphatic carbocycles. The summed E-state index contributed by atoms with van der Waals surface area (Å²) in [6.45, 7) is 0.0325. The minimum atomic E-state index is -0.529. The van der Waals surface area contributed by atoms with E-state index in [1.54, 1.807) is 0 Å². The first kappa shape index (κ1) is 16.2. The number of hydrogen-bond donors (Lipinski definition) is 1. The van der Waals surface area contributed by atoms with E-state index >= 15 is 0 Å².